The standard InChI is InChI=1S/C18H20FN5S/c1-12-13(2)25-17(22-12)10-23-5-7-24(8-6-23)18-15-4-3-14(19)9-16(15)20-11-21-18/h3-4,9,11H,5-8,10H2,1-2H3. The first-order valence-corrected chi connectivity index (χ1v) is 9.22. The van der Waals surface area contributed by atoms with Crippen molar-refractivity contribution in [2.24, 2.45) is 0 Å². The van der Waals surface area contributed by atoms with Gasteiger partial charge in [0, 0.05) is 42.5 Å². The number of anilines is 1. The number of thiazole rings is 1. The fourth-order valence-electron chi connectivity index (χ4n) is 3.18. The lowest BCUT2D eigenvalue weighted by molar-refractivity contribution is 0.249. The van der Waals surface area contributed by atoms with Gasteiger partial charge in [-0.15, -0.1) is 11.3 Å². The van der Waals surface area contributed by atoms with Gasteiger partial charge in [0.15, 0.2) is 0 Å². The molecule has 1 saturated heterocycles. The Labute approximate surface area is 150 Å². The Hall–Kier alpha value is -2.12. The Morgan fingerprint density at radius 2 is 1.92 bits per heavy atom. The van der Waals surface area contributed by atoms with Crippen LogP contribution in [0.1, 0.15) is 15.6 Å². The molecule has 0 radical (unpaired) electrons. The van der Waals surface area contributed by atoms with Crippen molar-refractivity contribution in [1.29, 1.82) is 0 Å². The largest absolute Gasteiger partial charge is 0.353 e. The molecule has 0 unspecified atom stereocenters. The predicted octanol–water partition coefficient (Wildman–Crippen LogP) is 3.16. The van der Waals surface area contributed by atoms with Crippen LogP contribution < -0.4 is 4.90 Å². The third kappa shape index (κ3) is 3.34. The molecule has 3 heterocycles. The van der Waals surface area contributed by atoms with Crippen molar-refractivity contribution in [3.63, 3.8) is 0 Å². The van der Waals surface area contributed by atoms with Crippen molar-refractivity contribution in [2.45, 2.75) is 20.4 Å². The maximum absolute atomic E-state index is 13.4. The highest BCUT2D eigenvalue weighted by Crippen LogP contribution is 2.25. The van der Waals surface area contributed by atoms with Crippen molar-refractivity contribution in [2.75, 3.05) is 31.1 Å². The zero-order chi connectivity index (χ0) is 17.4. The van der Waals surface area contributed by atoms with Crippen LogP contribution in [0.15, 0.2) is 24.5 Å². The second-order valence-electron chi connectivity index (χ2n) is 6.37. The fraction of sp³-hybridized carbons (Fsp3) is 0.389. The minimum Gasteiger partial charge on any atom is -0.353 e. The molecule has 1 fully saturated rings. The van der Waals surface area contributed by atoms with Gasteiger partial charge in [0.25, 0.3) is 0 Å². The zero-order valence-electron chi connectivity index (χ0n) is 14.4. The van der Waals surface area contributed by atoms with Gasteiger partial charge in [-0.1, -0.05) is 0 Å². The van der Waals surface area contributed by atoms with Crippen LogP contribution >= 0.6 is 11.3 Å². The SMILES string of the molecule is Cc1nc(CN2CCN(c3ncnc4cc(F)ccc34)CC2)sc1C. The van der Waals surface area contributed by atoms with Crippen LogP contribution in [0.2, 0.25) is 0 Å². The lowest BCUT2D eigenvalue weighted by Crippen LogP contribution is -2.46. The number of aryl methyl sites for hydroxylation is 2. The van der Waals surface area contributed by atoms with E-state index in [0.29, 0.717) is 5.52 Å². The highest BCUT2D eigenvalue weighted by molar-refractivity contribution is 7.11. The average Bonchev–Trinajstić information content (AvgIpc) is 2.92. The van der Waals surface area contributed by atoms with Crippen LogP contribution in [0.4, 0.5) is 10.2 Å². The minimum absolute atomic E-state index is 0.268. The fourth-order valence-corrected chi connectivity index (χ4v) is 4.16. The summed E-state index contributed by atoms with van der Waals surface area (Å²) in [5.74, 6) is 0.626. The number of hydrogen-bond donors (Lipinski definition) is 0. The van der Waals surface area contributed by atoms with Gasteiger partial charge in [-0.3, -0.25) is 4.90 Å². The quantitative estimate of drug-likeness (QED) is 0.720. The predicted molar refractivity (Wildman–Crippen MR) is 98.6 cm³/mol. The van der Waals surface area contributed by atoms with Gasteiger partial charge in [-0.05, 0) is 26.0 Å². The number of fused-ring (bicyclic) bond motifs is 1. The van der Waals surface area contributed by atoms with E-state index in [0.717, 1.165) is 49.6 Å². The Morgan fingerprint density at radius 3 is 2.64 bits per heavy atom. The van der Waals surface area contributed by atoms with E-state index in [1.807, 2.05) is 0 Å². The third-order valence-corrected chi connectivity index (χ3v) is 5.74. The van der Waals surface area contributed by atoms with Gasteiger partial charge in [-0.25, -0.2) is 19.3 Å². The second kappa shape index (κ2) is 6.65. The molecule has 1 aromatic carbocycles. The molecule has 7 heteroatoms. The normalized spacial score (nSPS) is 15.9. The first-order chi connectivity index (χ1) is 12.1. The van der Waals surface area contributed by atoms with Crippen LogP contribution in [0.25, 0.3) is 10.9 Å². The number of benzene rings is 1. The highest BCUT2D eigenvalue weighted by atomic mass is 32.1. The molecule has 3 aromatic rings. The van der Waals surface area contributed by atoms with E-state index < -0.39 is 0 Å². The Morgan fingerprint density at radius 1 is 1.12 bits per heavy atom. The van der Waals surface area contributed by atoms with E-state index in [1.54, 1.807) is 17.4 Å². The number of hydrogen-bond acceptors (Lipinski definition) is 6. The van der Waals surface area contributed by atoms with Crippen LogP contribution in [0.3, 0.4) is 0 Å². The molecule has 0 saturated carbocycles. The molecule has 0 spiro atoms. The molecule has 5 nitrogen and oxygen atoms in total. The lowest BCUT2D eigenvalue weighted by atomic mass is 10.2. The molecule has 4 rings (SSSR count). The van der Waals surface area contributed by atoms with E-state index >= 15 is 0 Å². The number of nitrogens with zero attached hydrogens (tertiary/aromatic N) is 5. The number of aromatic nitrogens is 3. The molecule has 1 aliphatic rings. The van der Waals surface area contributed by atoms with Crippen LogP contribution in [0, 0.1) is 19.7 Å². The van der Waals surface area contributed by atoms with Crippen molar-refractivity contribution >= 4 is 28.1 Å². The molecule has 0 amide bonds. The molecule has 130 valence electrons. The van der Waals surface area contributed by atoms with Crippen LogP contribution in [-0.4, -0.2) is 46.0 Å². The van der Waals surface area contributed by atoms with E-state index in [-0.39, 0.29) is 5.82 Å². The monoisotopic (exact) mass is 357 g/mol. The van der Waals surface area contributed by atoms with E-state index in [1.165, 1.54) is 28.3 Å². The smallest absolute Gasteiger partial charge is 0.139 e. The summed E-state index contributed by atoms with van der Waals surface area (Å²) in [5.41, 5.74) is 1.79. The Kier molecular flexibility index (Phi) is 4.35. The van der Waals surface area contributed by atoms with E-state index in [9.17, 15) is 4.39 Å². The van der Waals surface area contributed by atoms with Gasteiger partial charge < -0.3 is 4.90 Å². The number of piperazine rings is 1. The van der Waals surface area contributed by atoms with Gasteiger partial charge in [0.05, 0.1) is 17.8 Å². The van der Waals surface area contributed by atoms with E-state index in [4.69, 9.17) is 0 Å². The summed E-state index contributed by atoms with van der Waals surface area (Å²) < 4.78 is 13.4. The average molecular weight is 357 g/mol. The number of rotatable bonds is 3. The lowest BCUT2D eigenvalue weighted by Gasteiger charge is -2.35. The second-order valence-corrected chi connectivity index (χ2v) is 7.66. The third-order valence-electron chi connectivity index (χ3n) is 4.68. The van der Waals surface area contributed by atoms with Crippen molar-refractivity contribution in [3.05, 3.63) is 45.9 Å². The van der Waals surface area contributed by atoms with Gasteiger partial charge in [0.2, 0.25) is 0 Å². The molecule has 0 N–H and O–H groups in total. The molecule has 2 aromatic heterocycles. The summed E-state index contributed by atoms with van der Waals surface area (Å²) in [4.78, 5) is 19.3. The molecule has 0 aliphatic carbocycles. The topological polar surface area (TPSA) is 45.2 Å². The maximum Gasteiger partial charge on any atom is 0.139 e. The van der Waals surface area contributed by atoms with Gasteiger partial charge in [0.1, 0.15) is 23.0 Å². The van der Waals surface area contributed by atoms with Gasteiger partial charge >= 0.3 is 0 Å². The van der Waals surface area contributed by atoms with Crippen molar-refractivity contribution in [3.8, 4) is 0 Å². The zero-order valence-corrected chi connectivity index (χ0v) is 15.2. The summed E-state index contributed by atoms with van der Waals surface area (Å²) >= 11 is 1.79. The summed E-state index contributed by atoms with van der Waals surface area (Å²) in [7, 11) is 0. The summed E-state index contributed by atoms with van der Waals surface area (Å²) in [6.45, 7) is 8.81. The Bertz CT molecular complexity index is 882. The van der Waals surface area contributed by atoms with Crippen LogP contribution in [-0.2, 0) is 6.54 Å². The first-order valence-electron chi connectivity index (χ1n) is 8.40. The first kappa shape index (κ1) is 16.4. The molecule has 1 aliphatic heterocycles. The minimum atomic E-state index is -0.268. The maximum atomic E-state index is 13.4. The Balaban J connectivity index is 1.47. The van der Waals surface area contributed by atoms with E-state index in [2.05, 4.69) is 38.6 Å². The van der Waals surface area contributed by atoms with Crippen molar-refractivity contribution in [1.82, 2.24) is 19.9 Å². The molecule has 0 bridgehead atoms. The molecule has 25 heavy (non-hydrogen) atoms. The molecule has 0 atom stereocenters. The highest BCUT2D eigenvalue weighted by Gasteiger charge is 2.21. The summed E-state index contributed by atoms with van der Waals surface area (Å²) in [6, 6.07) is 4.70. The van der Waals surface area contributed by atoms with Crippen LogP contribution in [0.5, 0.6) is 0 Å². The van der Waals surface area contributed by atoms with Crippen molar-refractivity contribution < 1.29 is 4.39 Å². The summed E-state index contributed by atoms with van der Waals surface area (Å²) in [5, 5.41) is 2.09. The molecular formula is C18H20FN5S. The van der Waals surface area contributed by atoms with Gasteiger partial charge in [-0.2, -0.15) is 0 Å². The molecular weight excluding hydrogens is 337 g/mol. The number of halogens is 1. The summed E-state index contributed by atoms with van der Waals surface area (Å²) in [6.07, 6.45) is 1.52.